The van der Waals surface area contributed by atoms with Crippen LogP contribution in [-0.2, 0) is 0 Å². The highest BCUT2D eigenvalue weighted by atomic mass is 32.1. The predicted molar refractivity (Wildman–Crippen MR) is 66.3 cm³/mol. The highest BCUT2D eigenvalue weighted by Gasteiger charge is 2.01. The van der Waals surface area contributed by atoms with Crippen LogP contribution in [0.5, 0.6) is 0 Å². The molecule has 76 valence electrons. The molecule has 0 radical (unpaired) electrons. The first-order valence-corrected chi connectivity index (χ1v) is 4.94. The molecule has 15 heavy (non-hydrogen) atoms. The van der Waals surface area contributed by atoms with Crippen LogP contribution in [0.3, 0.4) is 0 Å². The van der Waals surface area contributed by atoms with Crippen molar-refractivity contribution in [2.24, 2.45) is 5.73 Å². The van der Waals surface area contributed by atoms with Crippen LogP contribution in [0.1, 0.15) is 16.7 Å². The van der Waals surface area contributed by atoms with Gasteiger partial charge in [-0.3, -0.25) is 0 Å². The van der Waals surface area contributed by atoms with Gasteiger partial charge in [0.05, 0.1) is 5.57 Å². The summed E-state index contributed by atoms with van der Waals surface area (Å²) in [5, 5.41) is 8.82. The summed E-state index contributed by atoms with van der Waals surface area (Å²) in [5.74, 6) is 0. The Morgan fingerprint density at radius 1 is 1.47 bits per heavy atom. The van der Waals surface area contributed by atoms with Gasteiger partial charge in [0.1, 0.15) is 11.1 Å². The topological polar surface area (TPSA) is 49.8 Å². The fraction of sp³-hybridized carbons (Fsp3) is 0.167. The number of hydrogen-bond acceptors (Lipinski definition) is 2. The first kappa shape index (κ1) is 11.4. The monoisotopic (exact) mass is 216 g/mol. The van der Waals surface area contributed by atoms with E-state index in [9.17, 15) is 0 Å². The highest BCUT2D eigenvalue weighted by Crippen LogP contribution is 2.14. The third-order valence-electron chi connectivity index (χ3n) is 2.11. The molecule has 0 bridgehead atoms. The number of thiocarbonyl (C=S) groups is 1. The van der Waals surface area contributed by atoms with Crippen molar-refractivity contribution in [3.05, 3.63) is 40.5 Å². The molecule has 0 unspecified atom stereocenters. The summed E-state index contributed by atoms with van der Waals surface area (Å²) in [6.45, 7) is 4.02. The first-order valence-electron chi connectivity index (χ1n) is 4.53. The second-order valence-electron chi connectivity index (χ2n) is 3.39. The largest absolute Gasteiger partial charge is 0.389 e. The van der Waals surface area contributed by atoms with Gasteiger partial charge in [-0.25, -0.2) is 0 Å². The summed E-state index contributed by atoms with van der Waals surface area (Å²) < 4.78 is 0. The number of hydrogen-bond donors (Lipinski definition) is 1. The van der Waals surface area contributed by atoms with E-state index >= 15 is 0 Å². The van der Waals surface area contributed by atoms with Crippen molar-refractivity contribution < 1.29 is 0 Å². The molecule has 0 amide bonds. The van der Waals surface area contributed by atoms with E-state index in [0.717, 1.165) is 11.1 Å². The van der Waals surface area contributed by atoms with E-state index in [1.165, 1.54) is 5.56 Å². The van der Waals surface area contributed by atoms with Gasteiger partial charge in [-0.1, -0.05) is 36.0 Å². The standard InChI is InChI=1S/C12H12N2S/c1-8-3-4-10(9(2)5-8)6-11(7-13)12(14)15/h3-6H,1-2H3,(H2,14,15)/b11-6-. The average Bonchev–Trinajstić information content (AvgIpc) is 2.16. The van der Waals surface area contributed by atoms with Crippen molar-refractivity contribution in [2.75, 3.05) is 0 Å². The van der Waals surface area contributed by atoms with E-state index in [1.54, 1.807) is 6.08 Å². The Kier molecular flexibility index (Phi) is 3.59. The molecule has 0 saturated carbocycles. The van der Waals surface area contributed by atoms with E-state index in [4.69, 9.17) is 23.2 Å². The molecular weight excluding hydrogens is 204 g/mol. The SMILES string of the molecule is Cc1ccc(/C=C(/C#N)C(N)=S)c(C)c1. The molecule has 0 aromatic heterocycles. The maximum atomic E-state index is 8.82. The van der Waals surface area contributed by atoms with Crippen LogP contribution in [0.2, 0.25) is 0 Å². The molecule has 0 atom stereocenters. The Bertz CT molecular complexity index is 467. The summed E-state index contributed by atoms with van der Waals surface area (Å²) >= 11 is 4.77. The zero-order valence-corrected chi connectivity index (χ0v) is 9.56. The van der Waals surface area contributed by atoms with Crippen molar-refractivity contribution in [1.82, 2.24) is 0 Å². The van der Waals surface area contributed by atoms with E-state index in [2.05, 4.69) is 6.07 Å². The molecule has 0 saturated heterocycles. The van der Waals surface area contributed by atoms with Crippen molar-refractivity contribution >= 4 is 23.3 Å². The molecule has 2 N–H and O–H groups in total. The maximum Gasteiger partial charge on any atom is 0.114 e. The minimum atomic E-state index is 0.137. The lowest BCUT2D eigenvalue weighted by Gasteiger charge is -2.02. The van der Waals surface area contributed by atoms with Gasteiger partial charge in [0, 0.05) is 0 Å². The third kappa shape index (κ3) is 2.90. The lowest BCUT2D eigenvalue weighted by molar-refractivity contribution is 1.37. The number of rotatable bonds is 2. The number of nitrogens with zero attached hydrogens (tertiary/aromatic N) is 1. The van der Waals surface area contributed by atoms with Crippen molar-refractivity contribution in [1.29, 1.82) is 5.26 Å². The van der Waals surface area contributed by atoms with E-state index < -0.39 is 0 Å². The summed E-state index contributed by atoms with van der Waals surface area (Å²) in [4.78, 5) is 0.137. The van der Waals surface area contributed by atoms with Gasteiger partial charge in [0.15, 0.2) is 0 Å². The summed E-state index contributed by atoms with van der Waals surface area (Å²) in [6, 6.07) is 7.99. The molecule has 1 rings (SSSR count). The molecule has 0 aliphatic rings. The molecular formula is C12H12N2S. The molecule has 1 aromatic carbocycles. The Labute approximate surface area is 95.0 Å². The fourth-order valence-corrected chi connectivity index (χ4v) is 1.41. The zero-order chi connectivity index (χ0) is 11.4. The van der Waals surface area contributed by atoms with Crippen LogP contribution in [-0.4, -0.2) is 4.99 Å². The minimum Gasteiger partial charge on any atom is -0.389 e. The molecule has 0 aliphatic carbocycles. The smallest absolute Gasteiger partial charge is 0.114 e. The van der Waals surface area contributed by atoms with Crippen molar-refractivity contribution in [3.63, 3.8) is 0 Å². The fourth-order valence-electron chi connectivity index (χ4n) is 1.30. The number of nitriles is 1. The van der Waals surface area contributed by atoms with Crippen LogP contribution in [0.4, 0.5) is 0 Å². The van der Waals surface area contributed by atoms with Crippen LogP contribution in [0.25, 0.3) is 6.08 Å². The van der Waals surface area contributed by atoms with Gasteiger partial charge in [0.25, 0.3) is 0 Å². The molecule has 0 spiro atoms. The van der Waals surface area contributed by atoms with Crippen LogP contribution < -0.4 is 5.73 Å². The van der Waals surface area contributed by atoms with Gasteiger partial charge < -0.3 is 5.73 Å². The number of benzene rings is 1. The molecule has 2 nitrogen and oxygen atoms in total. The normalized spacial score (nSPS) is 10.9. The Balaban J connectivity index is 3.19. The van der Waals surface area contributed by atoms with Gasteiger partial charge in [-0.2, -0.15) is 5.26 Å². The van der Waals surface area contributed by atoms with Gasteiger partial charge in [0.2, 0.25) is 0 Å². The number of aryl methyl sites for hydroxylation is 2. The predicted octanol–water partition coefficient (Wildman–Crippen LogP) is 2.50. The van der Waals surface area contributed by atoms with E-state index in [0.29, 0.717) is 5.57 Å². The lowest BCUT2D eigenvalue weighted by atomic mass is 10.0. The van der Waals surface area contributed by atoms with Gasteiger partial charge >= 0.3 is 0 Å². The first-order chi connectivity index (χ1) is 7.04. The van der Waals surface area contributed by atoms with Gasteiger partial charge in [-0.15, -0.1) is 0 Å². The molecule has 0 fully saturated rings. The molecule has 3 heteroatoms. The maximum absolute atomic E-state index is 8.82. The van der Waals surface area contributed by atoms with Crippen LogP contribution in [0, 0.1) is 25.2 Å². The Morgan fingerprint density at radius 3 is 2.60 bits per heavy atom. The highest BCUT2D eigenvalue weighted by molar-refractivity contribution is 7.80. The summed E-state index contributed by atoms with van der Waals surface area (Å²) in [5.41, 5.74) is 9.04. The second kappa shape index (κ2) is 4.72. The molecule has 0 heterocycles. The average molecular weight is 216 g/mol. The van der Waals surface area contributed by atoms with Crippen LogP contribution >= 0.6 is 12.2 Å². The second-order valence-corrected chi connectivity index (χ2v) is 3.83. The Hall–Kier alpha value is -1.66. The Morgan fingerprint density at radius 2 is 2.13 bits per heavy atom. The van der Waals surface area contributed by atoms with E-state index in [1.807, 2.05) is 32.0 Å². The third-order valence-corrected chi connectivity index (χ3v) is 2.33. The zero-order valence-electron chi connectivity index (χ0n) is 8.74. The minimum absolute atomic E-state index is 0.137. The van der Waals surface area contributed by atoms with E-state index in [-0.39, 0.29) is 4.99 Å². The van der Waals surface area contributed by atoms with Crippen LogP contribution in [0.15, 0.2) is 23.8 Å². The van der Waals surface area contributed by atoms with Crippen molar-refractivity contribution in [2.45, 2.75) is 13.8 Å². The molecule has 0 aliphatic heterocycles. The quantitative estimate of drug-likeness (QED) is 0.469. The number of nitrogens with two attached hydrogens (primary N) is 1. The summed E-state index contributed by atoms with van der Waals surface area (Å²) in [6.07, 6.45) is 1.72. The van der Waals surface area contributed by atoms with Gasteiger partial charge in [-0.05, 0) is 31.1 Å². The molecule has 1 aromatic rings. The lowest BCUT2D eigenvalue weighted by Crippen LogP contribution is -2.09. The summed E-state index contributed by atoms with van der Waals surface area (Å²) in [7, 11) is 0. The van der Waals surface area contributed by atoms with Crippen molar-refractivity contribution in [3.8, 4) is 6.07 Å².